The van der Waals surface area contributed by atoms with Crippen molar-refractivity contribution in [2.24, 2.45) is 0 Å². The molecule has 0 aliphatic carbocycles. The summed E-state index contributed by atoms with van der Waals surface area (Å²) in [6.07, 6.45) is 3.44. The van der Waals surface area contributed by atoms with Crippen LogP contribution in [0.3, 0.4) is 0 Å². The first-order valence-electron chi connectivity index (χ1n) is 3.91. The van der Waals surface area contributed by atoms with E-state index in [1.807, 2.05) is 0 Å². The van der Waals surface area contributed by atoms with E-state index in [0.29, 0.717) is 0 Å². The molecule has 0 rings (SSSR count). The predicted octanol–water partition coefficient (Wildman–Crippen LogP) is -0.213. The second-order valence-electron chi connectivity index (χ2n) is 2.30. The zero-order chi connectivity index (χ0) is 11.6. The third-order valence-corrected chi connectivity index (χ3v) is 1.01. The fourth-order valence-corrected chi connectivity index (χ4v) is 0.461. The topological polar surface area (TPSA) is 104 Å². The molecule has 0 spiro atoms. The molecule has 0 saturated heterocycles. The van der Waals surface area contributed by atoms with E-state index in [1.54, 1.807) is 0 Å². The molecule has 0 aliphatic rings. The molecular formula is C7H16NNaO5S. The Hall–Kier alpha value is 0.0800. The van der Waals surface area contributed by atoms with Gasteiger partial charge in [-0.1, -0.05) is 19.9 Å². The van der Waals surface area contributed by atoms with Crippen molar-refractivity contribution in [3.8, 4) is 0 Å². The van der Waals surface area contributed by atoms with Crippen molar-refractivity contribution in [2.75, 3.05) is 6.54 Å². The average Bonchev–Trinajstić information content (AvgIpc) is 2.01. The van der Waals surface area contributed by atoms with Gasteiger partial charge in [-0.15, -0.1) is 0 Å². The van der Waals surface area contributed by atoms with Crippen LogP contribution in [0.15, 0.2) is 12.7 Å². The van der Waals surface area contributed by atoms with Gasteiger partial charge in [-0.2, -0.15) is 8.42 Å². The normalized spacial score (nSPS) is 9.00. The van der Waals surface area contributed by atoms with Crippen LogP contribution in [0.1, 0.15) is 19.8 Å². The van der Waals surface area contributed by atoms with Gasteiger partial charge in [0, 0.05) is 6.54 Å². The molecule has 0 aromatic heterocycles. The summed E-state index contributed by atoms with van der Waals surface area (Å²) in [5.74, 6) is -0.0801. The van der Waals surface area contributed by atoms with Crippen molar-refractivity contribution in [1.82, 2.24) is 5.32 Å². The van der Waals surface area contributed by atoms with Crippen LogP contribution in [0.25, 0.3) is 0 Å². The molecule has 0 heterocycles. The van der Waals surface area contributed by atoms with E-state index < -0.39 is 10.4 Å². The van der Waals surface area contributed by atoms with Crippen LogP contribution in [0.5, 0.6) is 0 Å². The Morgan fingerprint density at radius 1 is 1.47 bits per heavy atom. The minimum absolute atomic E-state index is 0. The molecule has 0 fully saturated rings. The molecule has 1 amide bonds. The second-order valence-corrected chi connectivity index (χ2v) is 3.19. The molecule has 0 unspecified atom stereocenters. The molecule has 86 valence electrons. The Kier molecular flexibility index (Phi) is 16.6. The van der Waals surface area contributed by atoms with Crippen LogP contribution < -0.4 is 5.32 Å². The Balaban J connectivity index is -0.000000208. The molecule has 0 radical (unpaired) electrons. The van der Waals surface area contributed by atoms with E-state index >= 15 is 0 Å². The average molecular weight is 249 g/mol. The number of rotatable bonds is 4. The first kappa shape index (κ1) is 20.5. The van der Waals surface area contributed by atoms with Crippen molar-refractivity contribution in [1.29, 1.82) is 0 Å². The van der Waals surface area contributed by atoms with Crippen molar-refractivity contribution < 1.29 is 22.3 Å². The van der Waals surface area contributed by atoms with E-state index in [0.717, 1.165) is 19.4 Å². The SMILES string of the molecule is C=CC(=O)NCCCC.O=S(=O)(O)O.[NaH]. The summed E-state index contributed by atoms with van der Waals surface area (Å²) in [7, 11) is -4.67. The van der Waals surface area contributed by atoms with E-state index in [1.165, 1.54) is 6.08 Å². The zero-order valence-corrected chi connectivity index (χ0v) is 8.75. The van der Waals surface area contributed by atoms with Gasteiger partial charge in [0.15, 0.2) is 0 Å². The number of hydrogen-bond acceptors (Lipinski definition) is 3. The molecular weight excluding hydrogens is 233 g/mol. The summed E-state index contributed by atoms with van der Waals surface area (Å²) < 4.78 is 31.6. The van der Waals surface area contributed by atoms with Crippen molar-refractivity contribution in [3.63, 3.8) is 0 Å². The fourth-order valence-electron chi connectivity index (χ4n) is 0.461. The summed E-state index contributed by atoms with van der Waals surface area (Å²) in [5.41, 5.74) is 0. The Morgan fingerprint density at radius 2 is 1.87 bits per heavy atom. The molecule has 6 nitrogen and oxygen atoms in total. The summed E-state index contributed by atoms with van der Waals surface area (Å²) in [6, 6.07) is 0. The molecule has 0 saturated carbocycles. The van der Waals surface area contributed by atoms with Crippen LogP contribution >= 0.6 is 0 Å². The van der Waals surface area contributed by atoms with Crippen LogP contribution in [0.2, 0.25) is 0 Å². The van der Waals surface area contributed by atoms with Crippen molar-refractivity contribution in [2.45, 2.75) is 19.8 Å². The molecule has 0 aromatic rings. The van der Waals surface area contributed by atoms with Crippen LogP contribution in [-0.4, -0.2) is 59.5 Å². The number of unbranched alkanes of at least 4 members (excludes halogenated alkanes) is 1. The Morgan fingerprint density at radius 3 is 2.13 bits per heavy atom. The Bertz CT molecular complexity index is 257. The third-order valence-electron chi connectivity index (χ3n) is 1.01. The van der Waals surface area contributed by atoms with Crippen molar-refractivity contribution >= 4 is 45.9 Å². The number of nitrogens with one attached hydrogen (secondary N) is 1. The van der Waals surface area contributed by atoms with Gasteiger partial charge in [0.25, 0.3) is 0 Å². The summed E-state index contributed by atoms with van der Waals surface area (Å²) in [4.78, 5) is 10.5. The quantitative estimate of drug-likeness (QED) is 0.277. The van der Waals surface area contributed by atoms with Gasteiger partial charge in [-0.25, -0.2) is 0 Å². The van der Waals surface area contributed by atoms with Gasteiger partial charge in [-0.05, 0) is 12.5 Å². The van der Waals surface area contributed by atoms with E-state index in [9.17, 15) is 4.79 Å². The van der Waals surface area contributed by atoms with Gasteiger partial charge in [0.2, 0.25) is 5.91 Å². The van der Waals surface area contributed by atoms with Gasteiger partial charge in [-0.3, -0.25) is 13.9 Å². The van der Waals surface area contributed by atoms with E-state index in [2.05, 4.69) is 18.8 Å². The standard InChI is InChI=1S/C7H13NO.Na.H2O4S.H/c1-3-5-6-8-7(9)4-2;;1-5(2,3)4;/h4H,2-3,5-6H2,1H3,(H,8,9);;(H2,1,2,3,4);. The second kappa shape index (κ2) is 12.2. The van der Waals surface area contributed by atoms with Gasteiger partial charge in [0.1, 0.15) is 0 Å². The summed E-state index contributed by atoms with van der Waals surface area (Å²) in [6.45, 7) is 6.18. The predicted molar refractivity (Wildman–Crippen MR) is 59.4 cm³/mol. The molecule has 0 aliphatic heterocycles. The zero-order valence-electron chi connectivity index (χ0n) is 7.93. The monoisotopic (exact) mass is 249 g/mol. The van der Waals surface area contributed by atoms with Crippen LogP contribution in [-0.2, 0) is 15.2 Å². The van der Waals surface area contributed by atoms with Gasteiger partial charge in [0.05, 0.1) is 0 Å². The summed E-state index contributed by atoms with van der Waals surface area (Å²) >= 11 is 0. The number of carbonyl (C=O) groups is 1. The van der Waals surface area contributed by atoms with E-state index in [-0.39, 0.29) is 35.5 Å². The third kappa shape index (κ3) is 41.0. The molecule has 15 heavy (non-hydrogen) atoms. The molecule has 0 bridgehead atoms. The number of hydrogen-bond donors (Lipinski definition) is 3. The fraction of sp³-hybridized carbons (Fsp3) is 0.571. The first-order chi connectivity index (χ1) is 6.31. The minimum atomic E-state index is -4.67. The molecule has 0 aromatic carbocycles. The van der Waals surface area contributed by atoms with Crippen LogP contribution in [0.4, 0.5) is 0 Å². The number of carbonyl (C=O) groups excluding carboxylic acids is 1. The van der Waals surface area contributed by atoms with E-state index in [4.69, 9.17) is 17.5 Å². The van der Waals surface area contributed by atoms with Gasteiger partial charge >= 0.3 is 40.0 Å². The molecule has 0 atom stereocenters. The summed E-state index contributed by atoms with van der Waals surface area (Å²) in [5, 5.41) is 2.68. The molecule has 3 N–H and O–H groups in total. The van der Waals surface area contributed by atoms with Crippen molar-refractivity contribution in [3.05, 3.63) is 12.7 Å². The number of amides is 1. The molecule has 8 heteroatoms. The Labute approximate surface area is 112 Å². The van der Waals surface area contributed by atoms with Crippen LogP contribution in [0, 0.1) is 0 Å². The van der Waals surface area contributed by atoms with Gasteiger partial charge < -0.3 is 5.32 Å². The maximum absolute atomic E-state index is 10.5. The maximum atomic E-state index is 10.5. The first-order valence-corrected chi connectivity index (χ1v) is 5.31.